The Balaban J connectivity index is 3.11. The van der Waals surface area contributed by atoms with Gasteiger partial charge in [-0.1, -0.05) is 18.2 Å². The molecule has 2 nitrogen and oxygen atoms in total. The second kappa shape index (κ2) is 4.33. The molecule has 0 aliphatic rings. The van der Waals surface area contributed by atoms with Crippen LogP contribution in [-0.2, 0) is 15.1 Å². The van der Waals surface area contributed by atoms with Crippen LogP contribution in [-0.4, -0.2) is 13.4 Å². The zero-order valence-electron chi connectivity index (χ0n) is 8.29. The topological polar surface area (TPSA) is 26.3 Å². The Bertz CT molecular complexity index is 325. The highest BCUT2D eigenvalue weighted by Crippen LogP contribution is 2.29. The smallest absolute Gasteiger partial charge is 0.129 e. The molecule has 0 amide bonds. The zero-order valence-corrected chi connectivity index (χ0v) is 8.29. The molecule has 1 aromatic carbocycles. The lowest BCUT2D eigenvalue weighted by Crippen LogP contribution is -2.26. The maximum Gasteiger partial charge on any atom is 0.129 e. The monoisotopic (exact) mass is 196 g/mol. The van der Waals surface area contributed by atoms with Gasteiger partial charge in [0.15, 0.2) is 0 Å². The molecule has 0 heterocycles. The Morgan fingerprint density at radius 1 is 1.50 bits per heavy atom. The molecule has 0 saturated carbocycles. The van der Waals surface area contributed by atoms with Gasteiger partial charge in [0.05, 0.1) is 5.60 Å². The van der Waals surface area contributed by atoms with E-state index >= 15 is 0 Å². The van der Waals surface area contributed by atoms with E-state index in [0.29, 0.717) is 5.56 Å². The van der Waals surface area contributed by atoms with Crippen LogP contribution in [0, 0.1) is 5.82 Å². The highest BCUT2D eigenvalue weighted by molar-refractivity contribution is 5.52. The lowest BCUT2D eigenvalue weighted by Gasteiger charge is -2.26. The minimum absolute atomic E-state index is 0.143. The quantitative estimate of drug-likeness (QED) is 0.690. The van der Waals surface area contributed by atoms with E-state index < -0.39 is 5.60 Å². The molecule has 0 aromatic heterocycles. The van der Waals surface area contributed by atoms with E-state index in [1.165, 1.54) is 13.2 Å². The summed E-state index contributed by atoms with van der Waals surface area (Å²) in [5, 5.41) is 0. The average Bonchev–Trinajstić information content (AvgIpc) is 2.18. The molecule has 3 heteroatoms. The number of hydrogen-bond donors (Lipinski definition) is 0. The van der Waals surface area contributed by atoms with Crippen LogP contribution >= 0.6 is 0 Å². The van der Waals surface area contributed by atoms with E-state index in [2.05, 4.69) is 0 Å². The molecule has 0 bridgehead atoms. The molecule has 0 radical (unpaired) electrons. The van der Waals surface area contributed by atoms with Crippen LogP contribution < -0.4 is 0 Å². The van der Waals surface area contributed by atoms with Crippen LogP contribution in [0.1, 0.15) is 18.9 Å². The molecule has 76 valence electrons. The fourth-order valence-corrected chi connectivity index (χ4v) is 1.35. The molecule has 0 fully saturated rings. The molecule has 1 rings (SSSR count). The number of rotatable bonds is 4. The summed E-state index contributed by atoms with van der Waals surface area (Å²) in [6, 6.07) is 6.32. The van der Waals surface area contributed by atoms with E-state index in [-0.39, 0.29) is 12.2 Å². The van der Waals surface area contributed by atoms with Crippen LogP contribution in [0.15, 0.2) is 24.3 Å². The molecule has 14 heavy (non-hydrogen) atoms. The number of benzene rings is 1. The summed E-state index contributed by atoms with van der Waals surface area (Å²) in [7, 11) is 1.47. The summed E-state index contributed by atoms with van der Waals surface area (Å²) >= 11 is 0. The van der Waals surface area contributed by atoms with E-state index in [4.69, 9.17) is 4.74 Å². The van der Waals surface area contributed by atoms with Crippen molar-refractivity contribution in [2.24, 2.45) is 0 Å². The van der Waals surface area contributed by atoms with Gasteiger partial charge in [-0.15, -0.1) is 0 Å². The fraction of sp³-hybridized carbons (Fsp3) is 0.364. The predicted octanol–water partition coefficient (Wildman–Crippen LogP) is 2.28. The summed E-state index contributed by atoms with van der Waals surface area (Å²) in [6.07, 6.45) is 0.875. The Kier molecular flexibility index (Phi) is 3.36. The molecule has 1 atom stereocenters. The lowest BCUT2D eigenvalue weighted by atomic mass is 9.92. The van der Waals surface area contributed by atoms with Crippen LogP contribution in [0.25, 0.3) is 0 Å². The van der Waals surface area contributed by atoms with E-state index in [9.17, 15) is 9.18 Å². The number of aldehydes is 1. The molecule has 1 unspecified atom stereocenters. The van der Waals surface area contributed by atoms with Crippen molar-refractivity contribution in [1.82, 2.24) is 0 Å². The minimum atomic E-state index is -0.868. The van der Waals surface area contributed by atoms with Gasteiger partial charge in [0.25, 0.3) is 0 Å². The first kappa shape index (κ1) is 10.9. The molecule has 0 N–H and O–H groups in total. The van der Waals surface area contributed by atoms with Gasteiger partial charge in [-0.3, -0.25) is 0 Å². The first-order valence-electron chi connectivity index (χ1n) is 4.38. The largest absolute Gasteiger partial charge is 0.373 e. The van der Waals surface area contributed by atoms with Crippen LogP contribution in [0.2, 0.25) is 0 Å². The summed E-state index contributed by atoms with van der Waals surface area (Å²) in [4.78, 5) is 10.5. The maximum atomic E-state index is 13.4. The van der Waals surface area contributed by atoms with E-state index in [0.717, 1.165) is 6.29 Å². The third-order valence-corrected chi connectivity index (χ3v) is 2.37. The number of carbonyl (C=O) groups excluding carboxylic acids is 1. The standard InChI is InChI=1S/C11H13FO2/c1-11(14-2,7-8-13)9-5-3-4-6-10(9)12/h3-6,8H,7H2,1-2H3. The predicted molar refractivity (Wildman–Crippen MR) is 51.4 cm³/mol. The SMILES string of the molecule is COC(C)(CC=O)c1ccccc1F. The maximum absolute atomic E-state index is 13.4. The Hall–Kier alpha value is -1.22. The van der Waals surface area contributed by atoms with Crippen molar-refractivity contribution in [3.63, 3.8) is 0 Å². The Labute approximate surface area is 82.7 Å². The van der Waals surface area contributed by atoms with Gasteiger partial charge in [0, 0.05) is 19.1 Å². The summed E-state index contributed by atoms with van der Waals surface area (Å²) in [5.41, 5.74) is -0.456. The average molecular weight is 196 g/mol. The third kappa shape index (κ3) is 1.99. The summed E-state index contributed by atoms with van der Waals surface area (Å²) in [5.74, 6) is -0.348. The third-order valence-electron chi connectivity index (χ3n) is 2.37. The number of hydrogen-bond acceptors (Lipinski definition) is 2. The van der Waals surface area contributed by atoms with Gasteiger partial charge >= 0.3 is 0 Å². The molecule has 1 aromatic rings. The number of methoxy groups -OCH3 is 1. The van der Waals surface area contributed by atoms with Gasteiger partial charge < -0.3 is 9.53 Å². The first-order valence-corrected chi connectivity index (χ1v) is 4.38. The van der Waals surface area contributed by atoms with Crippen molar-refractivity contribution in [3.8, 4) is 0 Å². The molecule has 0 aliphatic heterocycles. The summed E-state index contributed by atoms with van der Waals surface area (Å²) < 4.78 is 18.6. The lowest BCUT2D eigenvalue weighted by molar-refractivity contribution is -0.113. The normalized spacial score (nSPS) is 14.8. The van der Waals surface area contributed by atoms with Crippen LogP contribution in [0.4, 0.5) is 4.39 Å². The highest BCUT2D eigenvalue weighted by Gasteiger charge is 2.28. The van der Waals surface area contributed by atoms with Crippen molar-refractivity contribution in [1.29, 1.82) is 0 Å². The van der Waals surface area contributed by atoms with E-state index in [1.54, 1.807) is 25.1 Å². The van der Waals surface area contributed by atoms with Gasteiger partial charge in [0.1, 0.15) is 12.1 Å². The van der Waals surface area contributed by atoms with Gasteiger partial charge in [-0.2, -0.15) is 0 Å². The van der Waals surface area contributed by atoms with Crippen LogP contribution in [0.3, 0.4) is 0 Å². The molecule has 0 spiro atoms. The van der Waals surface area contributed by atoms with E-state index in [1.807, 2.05) is 0 Å². The molecular formula is C11H13FO2. The van der Waals surface area contributed by atoms with Gasteiger partial charge in [-0.05, 0) is 13.0 Å². The minimum Gasteiger partial charge on any atom is -0.373 e. The van der Waals surface area contributed by atoms with Gasteiger partial charge in [0.2, 0.25) is 0 Å². The van der Waals surface area contributed by atoms with Gasteiger partial charge in [-0.25, -0.2) is 4.39 Å². The van der Waals surface area contributed by atoms with Crippen molar-refractivity contribution < 1.29 is 13.9 Å². The van der Waals surface area contributed by atoms with Crippen molar-refractivity contribution in [3.05, 3.63) is 35.6 Å². The number of ether oxygens (including phenoxy) is 1. The molecule has 0 saturated heterocycles. The van der Waals surface area contributed by atoms with Crippen molar-refractivity contribution in [2.45, 2.75) is 18.9 Å². The Morgan fingerprint density at radius 3 is 2.64 bits per heavy atom. The molecular weight excluding hydrogens is 183 g/mol. The fourth-order valence-electron chi connectivity index (χ4n) is 1.35. The summed E-state index contributed by atoms with van der Waals surface area (Å²) in [6.45, 7) is 1.69. The van der Waals surface area contributed by atoms with Crippen LogP contribution in [0.5, 0.6) is 0 Å². The highest BCUT2D eigenvalue weighted by atomic mass is 19.1. The Morgan fingerprint density at radius 2 is 2.14 bits per heavy atom. The first-order chi connectivity index (χ1) is 6.64. The van der Waals surface area contributed by atoms with Crippen molar-refractivity contribution >= 4 is 6.29 Å². The molecule has 0 aliphatic carbocycles. The van der Waals surface area contributed by atoms with Crippen molar-refractivity contribution in [2.75, 3.05) is 7.11 Å². The second-order valence-corrected chi connectivity index (χ2v) is 3.29. The number of halogens is 1. The second-order valence-electron chi connectivity index (χ2n) is 3.29. The number of carbonyl (C=O) groups is 1. The zero-order chi connectivity index (χ0) is 10.6.